The molecule has 1 aromatic heterocycles. The zero-order valence-corrected chi connectivity index (χ0v) is 13.0. The smallest absolute Gasteiger partial charge is 0.301 e. The number of alkyl halides is 3. The molecule has 0 amide bonds. The molecule has 0 radical (unpaired) electrons. The van der Waals surface area contributed by atoms with Gasteiger partial charge in [-0.1, -0.05) is 22.0 Å². The van der Waals surface area contributed by atoms with Crippen molar-refractivity contribution in [1.82, 2.24) is 9.58 Å². The average Bonchev–Trinajstić information content (AvgIpc) is 2.37. The highest BCUT2D eigenvalue weighted by Crippen LogP contribution is 2.28. The fourth-order valence-corrected chi connectivity index (χ4v) is 2.17. The van der Waals surface area contributed by atoms with Crippen LogP contribution in [0.1, 0.15) is 5.56 Å². The van der Waals surface area contributed by atoms with Crippen molar-refractivity contribution in [3.63, 3.8) is 0 Å². The van der Waals surface area contributed by atoms with Crippen LogP contribution in [0.5, 0.6) is 0 Å². The Bertz CT molecular complexity index is 705. The molecular formula is C14H13BrF3N3. The van der Waals surface area contributed by atoms with Gasteiger partial charge in [0.1, 0.15) is 0 Å². The first kappa shape index (κ1) is 15.6. The summed E-state index contributed by atoms with van der Waals surface area (Å²) in [5, 5.41) is 5.74. The number of nitrogens with zero attached hydrogens (tertiary/aromatic N) is 3. The van der Waals surface area contributed by atoms with E-state index in [1.165, 1.54) is 15.6 Å². The van der Waals surface area contributed by atoms with Gasteiger partial charge in [0.25, 0.3) is 0 Å². The van der Waals surface area contributed by atoms with Gasteiger partial charge in [-0.3, -0.25) is 4.57 Å². The van der Waals surface area contributed by atoms with Gasteiger partial charge >= 0.3 is 6.18 Å². The lowest BCUT2D eigenvalue weighted by molar-refractivity contribution is -0.138. The predicted molar refractivity (Wildman–Crippen MR) is 77.7 cm³/mol. The quantitative estimate of drug-likeness (QED) is 0.749. The average molecular weight is 360 g/mol. The first-order valence-corrected chi connectivity index (χ1v) is 6.84. The van der Waals surface area contributed by atoms with E-state index in [1.807, 2.05) is 0 Å². The highest BCUT2D eigenvalue weighted by molar-refractivity contribution is 9.10. The summed E-state index contributed by atoms with van der Waals surface area (Å²) in [5.41, 5.74) is 0.280. The molecule has 0 saturated carbocycles. The summed E-state index contributed by atoms with van der Waals surface area (Å²) in [7, 11) is 3.42. The van der Waals surface area contributed by atoms with E-state index in [0.29, 0.717) is 11.2 Å². The van der Waals surface area contributed by atoms with Crippen LogP contribution < -0.4 is 5.49 Å². The van der Waals surface area contributed by atoms with Crippen LogP contribution in [0.4, 0.5) is 13.2 Å². The van der Waals surface area contributed by atoms with Gasteiger partial charge in [-0.15, -0.1) is 0 Å². The maximum Gasteiger partial charge on any atom is 0.417 e. The van der Waals surface area contributed by atoms with Crippen molar-refractivity contribution < 1.29 is 13.2 Å². The second-order valence-corrected chi connectivity index (χ2v) is 5.49. The molecule has 0 unspecified atom stereocenters. The van der Waals surface area contributed by atoms with E-state index in [9.17, 15) is 13.2 Å². The van der Waals surface area contributed by atoms with Crippen LogP contribution in [0.3, 0.4) is 0 Å². The molecule has 0 fully saturated rings. The van der Waals surface area contributed by atoms with Gasteiger partial charge in [0.15, 0.2) is 5.49 Å². The Morgan fingerprint density at radius 2 is 1.86 bits per heavy atom. The lowest BCUT2D eigenvalue weighted by atomic mass is 10.2. The third-order valence-corrected chi connectivity index (χ3v) is 3.14. The van der Waals surface area contributed by atoms with E-state index in [2.05, 4.69) is 21.0 Å². The summed E-state index contributed by atoms with van der Waals surface area (Å²) in [5.74, 6) is 0. The number of benzene rings is 1. The fraction of sp³-hybridized carbons (Fsp3) is 0.214. The van der Waals surface area contributed by atoms with Crippen LogP contribution in [-0.4, -0.2) is 23.7 Å². The number of rotatable bonds is 2. The Morgan fingerprint density at radius 1 is 1.14 bits per heavy atom. The SMILES string of the molecule is CN(C)N=c1ccc(C(F)(F)F)cn1-c1cccc(Br)c1. The second kappa shape index (κ2) is 5.93. The van der Waals surface area contributed by atoms with E-state index >= 15 is 0 Å². The first-order valence-electron chi connectivity index (χ1n) is 6.05. The van der Waals surface area contributed by atoms with Crippen LogP contribution in [0.25, 0.3) is 5.69 Å². The summed E-state index contributed by atoms with van der Waals surface area (Å²) in [6.45, 7) is 0. The Kier molecular flexibility index (Phi) is 4.41. The molecular weight excluding hydrogens is 347 g/mol. The Morgan fingerprint density at radius 3 is 2.43 bits per heavy atom. The van der Waals surface area contributed by atoms with Gasteiger partial charge in [-0.05, 0) is 30.3 Å². The molecule has 0 aliphatic carbocycles. The topological polar surface area (TPSA) is 20.5 Å². The maximum atomic E-state index is 12.9. The summed E-state index contributed by atoms with van der Waals surface area (Å²) in [4.78, 5) is 0. The molecule has 1 heterocycles. The second-order valence-electron chi connectivity index (χ2n) is 4.57. The zero-order valence-electron chi connectivity index (χ0n) is 11.4. The van der Waals surface area contributed by atoms with E-state index in [1.54, 1.807) is 38.4 Å². The largest absolute Gasteiger partial charge is 0.417 e. The van der Waals surface area contributed by atoms with Crippen LogP contribution in [0.15, 0.2) is 52.2 Å². The van der Waals surface area contributed by atoms with Crippen LogP contribution in [0, 0.1) is 0 Å². The van der Waals surface area contributed by atoms with Crippen molar-refractivity contribution in [3.8, 4) is 5.69 Å². The molecule has 2 rings (SSSR count). The molecule has 2 aromatic rings. The third-order valence-electron chi connectivity index (χ3n) is 2.64. The lowest BCUT2D eigenvalue weighted by Crippen LogP contribution is -2.24. The minimum Gasteiger partial charge on any atom is -0.301 e. The molecule has 1 aromatic carbocycles. The first-order chi connectivity index (χ1) is 9.77. The molecule has 3 nitrogen and oxygen atoms in total. The molecule has 0 N–H and O–H groups in total. The van der Waals surface area contributed by atoms with Crippen molar-refractivity contribution in [2.45, 2.75) is 6.18 Å². The molecule has 0 aliphatic rings. The third kappa shape index (κ3) is 3.87. The van der Waals surface area contributed by atoms with Crippen molar-refractivity contribution in [2.24, 2.45) is 5.10 Å². The van der Waals surface area contributed by atoms with Gasteiger partial charge in [-0.25, -0.2) is 0 Å². The minimum atomic E-state index is -4.40. The summed E-state index contributed by atoms with van der Waals surface area (Å²) in [6, 6.07) is 9.39. The van der Waals surface area contributed by atoms with E-state index < -0.39 is 11.7 Å². The maximum absolute atomic E-state index is 12.9. The Balaban J connectivity index is 2.70. The molecule has 21 heavy (non-hydrogen) atoms. The molecule has 0 saturated heterocycles. The standard InChI is InChI=1S/C14H13BrF3N3/c1-20(2)19-13-7-6-10(14(16,17)18)9-21(13)12-5-3-4-11(15)8-12/h3-9H,1-2H3. The number of halogens is 4. The molecule has 0 aliphatic heterocycles. The summed E-state index contributed by atoms with van der Waals surface area (Å²) < 4.78 is 40.9. The molecule has 7 heteroatoms. The van der Waals surface area contributed by atoms with Crippen molar-refractivity contribution in [2.75, 3.05) is 14.1 Å². The Hall–Kier alpha value is -1.76. The Labute approximate surface area is 128 Å². The highest BCUT2D eigenvalue weighted by Gasteiger charge is 2.31. The number of aromatic nitrogens is 1. The minimum absolute atomic E-state index is 0.408. The van der Waals surface area contributed by atoms with Gasteiger partial charge in [0.05, 0.1) is 5.56 Å². The van der Waals surface area contributed by atoms with Gasteiger partial charge < -0.3 is 5.01 Å². The van der Waals surface area contributed by atoms with Gasteiger partial charge in [0, 0.05) is 30.5 Å². The normalized spacial score (nSPS) is 12.6. The monoisotopic (exact) mass is 359 g/mol. The lowest BCUT2D eigenvalue weighted by Gasteiger charge is -2.14. The highest BCUT2D eigenvalue weighted by atomic mass is 79.9. The van der Waals surface area contributed by atoms with Gasteiger partial charge in [-0.2, -0.15) is 18.3 Å². The summed E-state index contributed by atoms with van der Waals surface area (Å²) >= 11 is 3.32. The predicted octanol–water partition coefficient (Wildman–Crippen LogP) is 3.64. The van der Waals surface area contributed by atoms with E-state index in [4.69, 9.17) is 0 Å². The molecule has 112 valence electrons. The molecule has 0 atom stereocenters. The molecule has 0 spiro atoms. The van der Waals surface area contributed by atoms with Crippen LogP contribution >= 0.6 is 15.9 Å². The number of hydrogen-bond donors (Lipinski definition) is 0. The van der Waals surface area contributed by atoms with Crippen LogP contribution in [0.2, 0.25) is 0 Å². The van der Waals surface area contributed by atoms with E-state index in [0.717, 1.165) is 16.7 Å². The summed E-state index contributed by atoms with van der Waals surface area (Å²) in [6.07, 6.45) is -3.35. The number of hydrogen-bond acceptors (Lipinski definition) is 2. The van der Waals surface area contributed by atoms with Crippen molar-refractivity contribution >= 4 is 15.9 Å². The number of pyridine rings is 1. The molecule has 0 bridgehead atoms. The zero-order chi connectivity index (χ0) is 15.6. The fourth-order valence-electron chi connectivity index (χ4n) is 1.78. The van der Waals surface area contributed by atoms with Gasteiger partial charge in [0.2, 0.25) is 0 Å². The van der Waals surface area contributed by atoms with E-state index in [-0.39, 0.29) is 0 Å². The van der Waals surface area contributed by atoms with Crippen LogP contribution in [-0.2, 0) is 6.18 Å². The van der Waals surface area contributed by atoms with Crippen molar-refractivity contribution in [3.05, 3.63) is 58.1 Å². The van der Waals surface area contributed by atoms with Crippen molar-refractivity contribution in [1.29, 1.82) is 0 Å².